The highest BCUT2D eigenvalue weighted by Gasteiger charge is 2.06. The molecule has 0 unspecified atom stereocenters. The van der Waals surface area contributed by atoms with Crippen LogP contribution >= 0.6 is 0 Å². The summed E-state index contributed by atoms with van der Waals surface area (Å²) in [6, 6.07) is 14.0. The number of hydrogen-bond donors (Lipinski definition) is 0. The molecule has 4 aromatic rings. The Labute approximate surface area is 156 Å². The molecule has 6 nitrogen and oxygen atoms in total. The highest BCUT2D eigenvalue weighted by Crippen LogP contribution is 2.22. The van der Waals surface area contributed by atoms with Crippen LogP contribution in [0.5, 0.6) is 0 Å². The van der Waals surface area contributed by atoms with Crippen LogP contribution in [0.3, 0.4) is 0 Å². The molecule has 0 saturated heterocycles. The number of hydrogen-bond acceptors (Lipinski definition) is 5. The van der Waals surface area contributed by atoms with Crippen molar-refractivity contribution in [3.63, 3.8) is 0 Å². The SMILES string of the molecule is CN(C)c1cc(-c2ccc(Cn3cnc4cnccc4c3=O)cc2)ccn1. The van der Waals surface area contributed by atoms with Gasteiger partial charge < -0.3 is 4.90 Å². The van der Waals surface area contributed by atoms with E-state index in [1.165, 1.54) is 0 Å². The monoisotopic (exact) mass is 357 g/mol. The topological polar surface area (TPSA) is 63.9 Å². The third-order valence-electron chi connectivity index (χ3n) is 4.47. The van der Waals surface area contributed by atoms with Gasteiger partial charge in [-0.1, -0.05) is 24.3 Å². The Morgan fingerprint density at radius 2 is 1.78 bits per heavy atom. The van der Waals surface area contributed by atoms with Crippen LogP contribution in [0.1, 0.15) is 5.56 Å². The summed E-state index contributed by atoms with van der Waals surface area (Å²) in [5.41, 5.74) is 3.81. The molecule has 0 aliphatic rings. The predicted molar refractivity (Wildman–Crippen MR) is 107 cm³/mol. The van der Waals surface area contributed by atoms with Crippen molar-refractivity contribution in [3.05, 3.63) is 83.3 Å². The molecule has 0 aliphatic carbocycles. The number of rotatable bonds is 4. The molecule has 0 amide bonds. The zero-order valence-electron chi connectivity index (χ0n) is 15.2. The fraction of sp³-hybridized carbons (Fsp3) is 0.143. The van der Waals surface area contributed by atoms with Crippen LogP contribution in [0.4, 0.5) is 5.82 Å². The summed E-state index contributed by atoms with van der Waals surface area (Å²) in [4.78, 5) is 27.3. The fourth-order valence-electron chi connectivity index (χ4n) is 2.96. The molecule has 27 heavy (non-hydrogen) atoms. The smallest absolute Gasteiger partial charge is 0.261 e. The molecule has 3 heterocycles. The largest absolute Gasteiger partial charge is 0.363 e. The predicted octanol–water partition coefficient (Wildman–Crippen LogP) is 2.97. The standard InChI is InChI=1S/C21H19N5O/c1-25(2)20-11-17(7-10-23-20)16-5-3-15(4-6-16)13-26-14-24-19-12-22-9-8-18(19)21(26)27/h3-12,14H,13H2,1-2H3. The van der Waals surface area contributed by atoms with Crippen LogP contribution in [0.15, 0.2) is 72.2 Å². The molecule has 1 aromatic carbocycles. The van der Waals surface area contributed by atoms with E-state index in [2.05, 4.69) is 33.2 Å². The first kappa shape index (κ1) is 16.9. The van der Waals surface area contributed by atoms with Crippen molar-refractivity contribution in [2.24, 2.45) is 0 Å². The van der Waals surface area contributed by atoms with Crippen molar-refractivity contribution < 1.29 is 0 Å². The quantitative estimate of drug-likeness (QED) is 0.562. The Morgan fingerprint density at radius 1 is 0.963 bits per heavy atom. The summed E-state index contributed by atoms with van der Waals surface area (Å²) in [7, 11) is 3.95. The van der Waals surface area contributed by atoms with E-state index >= 15 is 0 Å². The number of anilines is 1. The third kappa shape index (κ3) is 3.42. The highest BCUT2D eigenvalue weighted by molar-refractivity contribution is 5.75. The maximum absolute atomic E-state index is 12.6. The van der Waals surface area contributed by atoms with Gasteiger partial charge in [0.25, 0.3) is 5.56 Å². The van der Waals surface area contributed by atoms with Crippen molar-refractivity contribution in [3.8, 4) is 11.1 Å². The van der Waals surface area contributed by atoms with Crippen LogP contribution in [-0.4, -0.2) is 33.6 Å². The van der Waals surface area contributed by atoms with E-state index in [0.29, 0.717) is 17.4 Å². The molecular weight excluding hydrogens is 338 g/mol. The van der Waals surface area contributed by atoms with E-state index in [-0.39, 0.29) is 5.56 Å². The van der Waals surface area contributed by atoms with E-state index in [9.17, 15) is 4.79 Å². The fourth-order valence-corrected chi connectivity index (χ4v) is 2.96. The second-order valence-corrected chi connectivity index (χ2v) is 6.56. The van der Waals surface area contributed by atoms with Gasteiger partial charge in [0, 0.05) is 26.5 Å². The van der Waals surface area contributed by atoms with Gasteiger partial charge in [-0.15, -0.1) is 0 Å². The summed E-state index contributed by atoms with van der Waals surface area (Å²) in [6.07, 6.45) is 6.61. The van der Waals surface area contributed by atoms with Crippen LogP contribution in [0, 0.1) is 0 Å². The summed E-state index contributed by atoms with van der Waals surface area (Å²) in [5, 5.41) is 0.581. The molecule has 0 saturated carbocycles. The van der Waals surface area contributed by atoms with Crippen molar-refractivity contribution in [1.29, 1.82) is 0 Å². The highest BCUT2D eigenvalue weighted by atomic mass is 16.1. The lowest BCUT2D eigenvalue weighted by molar-refractivity contribution is 0.748. The zero-order valence-corrected chi connectivity index (χ0v) is 15.2. The molecule has 0 N–H and O–H groups in total. The van der Waals surface area contributed by atoms with Crippen molar-refractivity contribution in [2.75, 3.05) is 19.0 Å². The minimum atomic E-state index is -0.0590. The molecule has 4 rings (SSSR count). The van der Waals surface area contributed by atoms with E-state index < -0.39 is 0 Å². The normalized spacial score (nSPS) is 10.9. The molecule has 0 fully saturated rings. The van der Waals surface area contributed by atoms with E-state index in [4.69, 9.17) is 0 Å². The molecule has 0 aliphatic heterocycles. The number of pyridine rings is 2. The van der Waals surface area contributed by atoms with E-state index in [1.807, 2.05) is 43.4 Å². The third-order valence-corrected chi connectivity index (χ3v) is 4.47. The van der Waals surface area contributed by atoms with Gasteiger partial charge >= 0.3 is 0 Å². The molecule has 3 aromatic heterocycles. The van der Waals surface area contributed by atoms with E-state index in [0.717, 1.165) is 22.5 Å². The first-order valence-electron chi connectivity index (χ1n) is 8.64. The summed E-state index contributed by atoms with van der Waals surface area (Å²) in [6.45, 7) is 0.476. The molecular formula is C21H19N5O. The average molecular weight is 357 g/mol. The Bertz CT molecular complexity index is 1150. The minimum absolute atomic E-state index is 0.0590. The Hall–Kier alpha value is -3.54. The van der Waals surface area contributed by atoms with Gasteiger partial charge in [-0.05, 0) is 34.9 Å². The number of fused-ring (bicyclic) bond motifs is 1. The van der Waals surface area contributed by atoms with E-state index in [1.54, 1.807) is 29.4 Å². The number of aromatic nitrogens is 4. The van der Waals surface area contributed by atoms with Crippen molar-refractivity contribution in [1.82, 2.24) is 19.5 Å². The van der Waals surface area contributed by atoms with Crippen molar-refractivity contribution >= 4 is 16.7 Å². The van der Waals surface area contributed by atoms with Gasteiger partial charge in [-0.3, -0.25) is 14.3 Å². The second-order valence-electron chi connectivity index (χ2n) is 6.56. The average Bonchev–Trinajstić information content (AvgIpc) is 2.71. The van der Waals surface area contributed by atoms with Gasteiger partial charge in [0.05, 0.1) is 30.0 Å². The lowest BCUT2D eigenvalue weighted by atomic mass is 10.0. The van der Waals surface area contributed by atoms with Gasteiger partial charge in [0.2, 0.25) is 0 Å². The van der Waals surface area contributed by atoms with Crippen LogP contribution in [0.2, 0.25) is 0 Å². The minimum Gasteiger partial charge on any atom is -0.363 e. The molecule has 6 heteroatoms. The maximum atomic E-state index is 12.6. The maximum Gasteiger partial charge on any atom is 0.261 e. The first-order valence-corrected chi connectivity index (χ1v) is 8.64. The van der Waals surface area contributed by atoms with Crippen LogP contribution < -0.4 is 10.5 Å². The summed E-state index contributed by atoms with van der Waals surface area (Å²) < 4.78 is 1.62. The number of nitrogens with zero attached hydrogens (tertiary/aromatic N) is 5. The van der Waals surface area contributed by atoms with Gasteiger partial charge in [-0.2, -0.15) is 0 Å². The Morgan fingerprint density at radius 3 is 2.56 bits per heavy atom. The Balaban J connectivity index is 1.61. The summed E-state index contributed by atoms with van der Waals surface area (Å²) in [5.74, 6) is 0.917. The van der Waals surface area contributed by atoms with Gasteiger partial charge in [0.1, 0.15) is 5.82 Å². The van der Waals surface area contributed by atoms with Crippen LogP contribution in [-0.2, 0) is 6.54 Å². The van der Waals surface area contributed by atoms with Crippen LogP contribution in [0.25, 0.3) is 22.0 Å². The number of benzene rings is 1. The zero-order chi connectivity index (χ0) is 18.8. The first-order chi connectivity index (χ1) is 13.1. The second kappa shape index (κ2) is 6.99. The molecule has 0 spiro atoms. The van der Waals surface area contributed by atoms with Crippen molar-refractivity contribution in [2.45, 2.75) is 6.54 Å². The lowest BCUT2D eigenvalue weighted by Crippen LogP contribution is -2.21. The molecule has 0 bridgehead atoms. The summed E-state index contributed by atoms with van der Waals surface area (Å²) >= 11 is 0. The van der Waals surface area contributed by atoms with Gasteiger partial charge in [-0.25, -0.2) is 9.97 Å². The molecule has 134 valence electrons. The molecule has 0 radical (unpaired) electrons. The van der Waals surface area contributed by atoms with Gasteiger partial charge in [0.15, 0.2) is 0 Å². The molecule has 0 atom stereocenters. The Kier molecular flexibility index (Phi) is 4.38. The lowest BCUT2D eigenvalue weighted by Gasteiger charge is -2.12.